The fourth-order valence-electron chi connectivity index (χ4n) is 4.06. The van der Waals surface area contributed by atoms with Crippen molar-refractivity contribution in [3.05, 3.63) is 34.4 Å². The Morgan fingerprint density at radius 1 is 0.778 bits per heavy atom. The van der Waals surface area contributed by atoms with Crippen LogP contribution >= 0.6 is 0 Å². The first-order valence-corrected chi connectivity index (χ1v) is 7.69. The molecule has 2 aliphatic carbocycles. The van der Waals surface area contributed by atoms with Crippen molar-refractivity contribution in [2.45, 2.75) is 59.3 Å². The zero-order valence-corrected chi connectivity index (χ0v) is 12.3. The molecule has 0 heteroatoms. The summed E-state index contributed by atoms with van der Waals surface area (Å²) in [5, 5.41) is 0. The Hall–Kier alpha value is -0.780. The summed E-state index contributed by atoms with van der Waals surface area (Å²) in [6.07, 6.45) is 5.27. The molecule has 0 nitrogen and oxygen atoms in total. The van der Waals surface area contributed by atoms with E-state index in [2.05, 4.69) is 39.8 Å². The van der Waals surface area contributed by atoms with Gasteiger partial charge in [0.15, 0.2) is 0 Å². The number of benzene rings is 1. The smallest absolute Gasteiger partial charge is 0.0185 e. The summed E-state index contributed by atoms with van der Waals surface area (Å²) < 4.78 is 0. The van der Waals surface area contributed by atoms with Crippen LogP contribution in [0.4, 0.5) is 0 Å². The van der Waals surface area contributed by atoms with E-state index in [-0.39, 0.29) is 0 Å². The minimum Gasteiger partial charge on any atom is -0.0622 e. The minimum absolute atomic E-state index is 0.767. The molecule has 1 aromatic carbocycles. The first-order valence-electron chi connectivity index (χ1n) is 7.69. The molecule has 1 aromatic rings. The molecule has 0 N–H and O–H groups in total. The molecule has 0 radical (unpaired) electrons. The van der Waals surface area contributed by atoms with E-state index in [1.165, 1.54) is 25.7 Å². The molecule has 0 fully saturated rings. The predicted molar refractivity (Wildman–Crippen MR) is 78.1 cm³/mol. The van der Waals surface area contributed by atoms with Crippen LogP contribution in [0.2, 0.25) is 0 Å². The summed E-state index contributed by atoms with van der Waals surface area (Å²) in [6.45, 7) is 9.65. The molecule has 4 unspecified atom stereocenters. The van der Waals surface area contributed by atoms with E-state index in [0.717, 1.165) is 23.7 Å². The van der Waals surface area contributed by atoms with Crippen LogP contribution in [0.3, 0.4) is 0 Å². The van der Waals surface area contributed by atoms with Gasteiger partial charge in [-0.1, -0.05) is 39.8 Å². The van der Waals surface area contributed by atoms with Crippen molar-refractivity contribution < 1.29 is 0 Å². The number of rotatable bonds is 0. The van der Waals surface area contributed by atoms with Crippen molar-refractivity contribution >= 4 is 0 Å². The maximum Gasteiger partial charge on any atom is -0.0185 e. The third-order valence-corrected chi connectivity index (χ3v) is 5.37. The molecule has 98 valence electrons. The molecule has 18 heavy (non-hydrogen) atoms. The van der Waals surface area contributed by atoms with E-state index < -0.39 is 0 Å². The summed E-state index contributed by atoms with van der Waals surface area (Å²) >= 11 is 0. The SMILES string of the molecule is CC1Cc2cc3c(cc2C(C)C1)CC(C)C(C)C3. The topological polar surface area (TPSA) is 0 Å². The molecule has 0 bridgehead atoms. The van der Waals surface area contributed by atoms with E-state index in [0.29, 0.717) is 0 Å². The Labute approximate surface area is 112 Å². The van der Waals surface area contributed by atoms with E-state index in [9.17, 15) is 0 Å². The van der Waals surface area contributed by atoms with Gasteiger partial charge in [0.25, 0.3) is 0 Å². The molecule has 0 saturated carbocycles. The van der Waals surface area contributed by atoms with Gasteiger partial charge in [-0.25, -0.2) is 0 Å². The second kappa shape index (κ2) is 4.40. The summed E-state index contributed by atoms with van der Waals surface area (Å²) in [5.41, 5.74) is 6.62. The van der Waals surface area contributed by atoms with Crippen molar-refractivity contribution in [1.29, 1.82) is 0 Å². The molecule has 0 heterocycles. The Bertz CT molecular complexity index is 457. The van der Waals surface area contributed by atoms with Crippen LogP contribution in [0, 0.1) is 17.8 Å². The van der Waals surface area contributed by atoms with Gasteiger partial charge >= 0.3 is 0 Å². The third-order valence-electron chi connectivity index (χ3n) is 5.37. The molecule has 4 atom stereocenters. The van der Waals surface area contributed by atoms with Crippen molar-refractivity contribution in [1.82, 2.24) is 0 Å². The first-order chi connectivity index (χ1) is 8.54. The summed E-state index contributed by atoms with van der Waals surface area (Å²) in [4.78, 5) is 0. The molecule has 2 aliphatic rings. The van der Waals surface area contributed by atoms with E-state index in [4.69, 9.17) is 0 Å². The summed E-state index contributed by atoms with van der Waals surface area (Å²) in [6, 6.07) is 5.11. The standard InChI is InChI=1S/C18H26/c1-11-5-14(4)18-10-16-8-13(3)12(2)7-15(16)9-17(18)6-11/h9-14H,5-8H2,1-4H3. The highest BCUT2D eigenvalue weighted by atomic mass is 14.3. The van der Waals surface area contributed by atoms with E-state index in [1.54, 1.807) is 22.3 Å². The monoisotopic (exact) mass is 242 g/mol. The fourth-order valence-corrected chi connectivity index (χ4v) is 4.06. The summed E-state index contributed by atoms with van der Waals surface area (Å²) in [7, 11) is 0. The van der Waals surface area contributed by atoms with Crippen molar-refractivity contribution in [3.8, 4) is 0 Å². The van der Waals surface area contributed by atoms with Crippen LogP contribution in [0.25, 0.3) is 0 Å². The van der Waals surface area contributed by atoms with Crippen molar-refractivity contribution in [3.63, 3.8) is 0 Å². The molecule has 0 aromatic heterocycles. The van der Waals surface area contributed by atoms with Gasteiger partial charge in [0.2, 0.25) is 0 Å². The van der Waals surface area contributed by atoms with Crippen LogP contribution in [0.1, 0.15) is 62.3 Å². The number of hydrogen-bond donors (Lipinski definition) is 0. The van der Waals surface area contributed by atoms with E-state index >= 15 is 0 Å². The fraction of sp³-hybridized carbons (Fsp3) is 0.667. The van der Waals surface area contributed by atoms with E-state index in [1.807, 2.05) is 0 Å². The zero-order chi connectivity index (χ0) is 12.9. The highest BCUT2D eigenvalue weighted by Gasteiger charge is 2.27. The van der Waals surface area contributed by atoms with Gasteiger partial charge in [-0.05, 0) is 71.6 Å². The van der Waals surface area contributed by atoms with Crippen LogP contribution in [0.5, 0.6) is 0 Å². The Kier molecular flexibility index (Phi) is 3.00. The Morgan fingerprint density at radius 3 is 2.06 bits per heavy atom. The molecule has 0 aliphatic heterocycles. The predicted octanol–water partition coefficient (Wildman–Crippen LogP) is 4.74. The van der Waals surface area contributed by atoms with Gasteiger partial charge in [0.1, 0.15) is 0 Å². The highest BCUT2D eigenvalue weighted by molar-refractivity contribution is 5.43. The Morgan fingerprint density at radius 2 is 1.39 bits per heavy atom. The number of hydrogen-bond acceptors (Lipinski definition) is 0. The minimum atomic E-state index is 0.767. The first kappa shape index (κ1) is 12.3. The van der Waals surface area contributed by atoms with Gasteiger partial charge < -0.3 is 0 Å². The average molecular weight is 242 g/mol. The number of fused-ring (bicyclic) bond motifs is 2. The van der Waals surface area contributed by atoms with Gasteiger partial charge in [-0.2, -0.15) is 0 Å². The van der Waals surface area contributed by atoms with Gasteiger partial charge in [-0.3, -0.25) is 0 Å². The van der Waals surface area contributed by atoms with Crippen LogP contribution in [0.15, 0.2) is 12.1 Å². The second-order valence-electron chi connectivity index (χ2n) is 7.13. The quantitative estimate of drug-likeness (QED) is 0.616. The van der Waals surface area contributed by atoms with Crippen molar-refractivity contribution in [2.24, 2.45) is 17.8 Å². The highest BCUT2D eigenvalue weighted by Crippen LogP contribution is 2.39. The normalized spacial score (nSPS) is 34.9. The molecule has 0 amide bonds. The lowest BCUT2D eigenvalue weighted by molar-refractivity contribution is 0.359. The maximum atomic E-state index is 2.56. The lowest BCUT2D eigenvalue weighted by atomic mass is 9.72. The third kappa shape index (κ3) is 2.00. The zero-order valence-electron chi connectivity index (χ0n) is 12.3. The van der Waals surface area contributed by atoms with Gasteiger partial charge in [-0.15, -0.1) is 0 Å². The average Bonchev–Trinajstić information content (AvgIpc) is 2.29. The second-order valence-corrected chi connectivity index (χ2v) is 7.13. The lowest BCUT2D eigenvalue weighted by Gasteiger charge is -2.33. The van der Waals surface area contributed by atoms with Crippen LogP contribution < -0.4 is 0 Å². The molecular formula is C18H26. The molecule has 3 rings (SSSR count). The van der Waals surface area contributed by atoms with Crippen molar-refractivity contribution in [2.75, 3.05) is 0 Å². The molecular weight excluding hydrogens is 216 g/mol. The van der Waals surface area contributed by atoms with Crippen LogP contribution in [-0.4, -0.2) is 0 Å². The molecule has 0 saturated heterocycles. The van der Waals surface area contributed by atoms with Gasteiger partial charge in [0.05, 0.1) is 0 Å². The lowest BCUT2D eigenvalue weighted by Crippen LogP contribution is -2.23. The Balaban J connectivity index is 2.02. The largest absolute Gasteiger partial charge is 0.0622 e. The van der Waals surface area contributed by atoms with Gasteiger partial charge in [0, 0.05) is 0 Å². The maximum absolute atomic E-state index is 2.56. The van der Waals surface area contributed by atoms with Crippen LogP contribution in [-0.2, 0) is 19.3 Å². The summed E-state index contributed by atoms with van der Waals surface area (Å²) in [5.74, 6) is 3.34. The molecule has 0 spiro atoms.